The second-order valence-electron chi connectivity index (χ2n) is 5.16. The van der Waals surface area contributed by atoms with Gasteiger partial charge in [-0.05, 0) is 30.3 Å². The number of esters is 1. The molecule has 1 aliphatic rings. The van der Waals surface area contributed by atoms with E-state index in [0.717, 1.165) is 0 Å². The van der Waals surface area contributed by atoms with E-state index in [1.165, 1.54) is 12.1 Å². The summed E-state index contributed by atoms with van der Waals surface area (Å²) >= 11 is 11.8. The van der Waals surface area contributed by atoms with Crippen LogP contribution in [0.1, 0.15) is 11.1 Å². The lowest BCUT2D eigenvalue weighted by Crippen LogP contribution is -2.29. The van der Waals surface area contributed by atoms with Crippen molar-refractivity contribution in [2.24, 2.45) is 4.99 Å². The summed E-state index contributed by atoms with van der Waals surface area (Å²) in [5.74, 6) is -1.64. The molecule has 0 fully saturated rings. The van der Waals surface area contributed by atoms with Gasteiger partial charge in [0, 0.05) is 11.1 Å². The Morgan fingerprint density at radius 2 is 1.96 bits per heavy atom. The zero-order valence-electron chi connectivity index (χ0n) is 13.1. The number of aliphatic imine (C=N–C) groups is 1. The van der Waals surface area contributed by atoms with Crippen LogP contribution in [0.3, 0.4) is 0 Å². The molecule has 0 atom stereocenters. The van der Waals surface area contributed by atoms with Gasteiger partial charge in [0.05, 0.1) is 16.0 Å². The van der Waals surface area contributed by atoms with Crippen molar-refractivity contribution >= 4 is 47.1 Å². The molecule has 0 N–H and O–H groups in total. The number of benzene rings is 2. The van der Waals surface area contributed by atoms with Crippen LogP contribution in [0.2, 0.25) is 10.0 Å². The highest BCUT2D eigenvalue weighted by atomic mass is 35.5. The number of nitrogens with zero attached hydrogens (tertiary/aromatic N) is 1. The lowest BCUT2D eigenvalue weighted by Gasteiger charge is -2.09. The molecule has 26 heavy (non-hydrogen) atoms. The van der Waals surface area contributed by atoms with Gasteiger partial charge in [-0.3, -0.25) is 0 Å². The van der Waals surface area contributed by atoms with E-state index >= 15 is 0 Å². The molecule has 132 valence electrons. The Bertz CT molecular complexity index is 952. The predicted octanol–water partition coefficient (Wildman–Crippen LogP) is 2.47. The fraction of sp³-hybridized carbons (Fsp3) is 0.0556. The number of cyclic esters (lactones) is 1. The zero-order valence-corrected chi connectivity index (χ0v) is 14.6. The van der Waals surface area contributed by atoms with E-state index in [4.69, 9.17) is 32.7 Å². The number of hydrogen-bond donors (Lipinski definition) is 0. The van der Waals surface area contributed by atoms with Gasteiger partial charge in [-0.15, -0.1) is 0 Å². The molecule has 0 radical (unpaired) electrons. The van der Waals surface area contributed by atoms with Crippen LogP contribution >= 0.6 is 23.2 Å². The number of halogens is 2. The van der Waals surface area contributed by atoms with Crippen LogP contribution in [0, 0.1) is 0 Å². The van der Waals surface area contributed by atoms with E-state index in [0.29, 0.717) is 21.2 Å². The van der Waals surface area contributed by atoms with E-state index in [9.17, 15) is 14.7 Å². The van der Waals surface area contributed by atoms with Gasteiger partial charge in [0.2, 0.25) is 5.90 Å². The Morgan fingerprint density at radius 1 is 1.19 bits per heavy atom. The molecule has 3 rings (SSSR count). The number of carboxylic acid groups (broad SMARTS) is 1. The fourth-order valence-corrected chi connectivity index (χ4v) is 2.48. The smallest absolute Gasteiger partial charge is 0.363 e. The minimum absolute atomic E-state index is 0.0376. The highest BCUT2D eigenvalue weighted by molar-refractivity contribution is 6.42. The molecule has 2 aromatic carbocycles. The third-order valence-corrected chi connectivity index (χ3v) is 4.08. The van der Waals surface area contributed by atoms with Gasteiger partial charge in [0.25, 0.3) is 0 Å². The molecular weight excluding hydrogens is 381 g/mol. The van der Waals surface area contributed by atoms with Crippen LogP contribution in [0.25, 0.3) is 6.08 Å². The van der Waals surface area contributed by atoms with Crippen LogP contribution in [0.5, 0.6) is 5.75 Å². The zero-order chi connectivity index (χ0) is 18.7. The fourth-order valence-electron chi connectivity index (χ4n) is 2.18. The Hall–Kier alpha value is -2.83. The molecule has 1 heterocycles. The standard InChI is InChI=1S/C18H11Cl2NO5/c19-12-6-5-11(7-13(12)20)17-21-14(18(24)26-17)8-10-3-1-2-4-15(10)25-9-16(22)23/h1-8H,9H2,(H,22,23)/p-1/b14-8-. The first-order chi connectivity index (χ1) is 12.4. The summed E-state index contributed by atoms with van der Waals surface area (Å²) in [4.78, 5) is 26.8. The van der Waals surface area contributed by atoms with Crippen molar-refractivity contribution in [3.8, 4) is 5.75 Å². The van der Waals surface area contributed by atoms with Gasteiger partial charge in [-0.25, -0.2) is 9.79 Å². The van der Waals surface area contributed by atoms with Crippen LogP contribution in [0.15, 0.2) is 53.2 Å². The van der Waals surface area contributed by atoms with Gasteiger partial charge < -0.3 is 19.4 Å². The third kappa shape index (κ3) is 4.04. The number of rotatable bonds is 5. The quantitative estimate of drug-likeness (QED) is 0.577. The van der Waals surface area contributed by atoms with Gasteiger partial charge in [0.15, 0.2) is 5.70 Å². The van der Waals surface area contributed by atoms with Crippen molar-refractivity contribution in [2.45, 2.75) is 0 Å². The topological polar surface area (TPSA) is 88.0 Å². The molecule has 0 unspecified atom stereocenters. The number of ether oxygens (including phenoxy) is 2. The Morgan fingerprint density at radius 3 is 2.69 bits per heavy atom. The number of carbonyl (C=O) groups excluding carboxylic acids is 2. The van der Waals surface area contributed by atoms with Gasteiger partial charge >= 0.3 is 5.97 Å². The first-order valence-corrected chi connectivity index (χ1v) is 8.09. The Kier molecular flexibility index (Phi) is 5.25. The molecule has 0 saturated carbocycles. The Balaban J connectivity index is 1.91. The second-order valence-corrected chi connectivity index (χ2v) is 5.98. The molecule has 0 bridgehead atoms. The lowest BCUT2D eigenvalue weighted by molar-refractivity contribution is -0.307. The predicted molar refractivity (Wildman–Crippen MR) is 94.0 cm³/mol. The molecule has 0 amide bonds. The van der Waals surface area contributed by atoms with Crippen molar-refractivity contribution < 1.29 is 24.2 Å². The first kappa shape index (κ1) is 18.0. The van der Waals surface area contributed by atoms with E-state index in [1.807, 2.05) is 0 Å². The summed E-state index contributed by atoms with van der Waals surface area (Å²) in [6, 6.07) is 11.3. The first-order valence-electron chi connectivity index (χ1n) is 7.33. The average molecular weight is 391 g/mol. The number of para-hydroxylation sites is 1. The van der Waals surface area contributed by atoms with E-state index in [2.05, 4.69) is 4.99 Å². The summed E-state index contributed by atoms with van der Waals surface area (Å²) < 4.78 is 10.3. The maximum atomic E-state index is 12.1. The van der Waals surface area contributed by atoms with Crippen LogP contribution in [0.4, 0.5) is 0 Å². The van der Waals surface area contributed by atoms with Crippen LogP contribution < -0.4 is 9.84 Å². The highest BCUT2D eigenvalue weighted by Crippen LogP contribution is 2.27. The maximum Gasteiger partial charge on any atom is 0.363 e. The van der Waals surface area contributed by atoms with E-state index in [1.54, 1.807) is 36.4 Å². The van der Waals surface area contributed by atoms with Crippen molar-refractivity contribution in [3.63, 3.8) is 0 Å². The highest BCUT2D eigenvalue weighted by Gasteiger charge is 2.25. The summed E-state index contributed by atoms with van der Waals surface area (Å²) in [7, 11) is 0. The SMILES string of the molecule is O=C([O-])COc1ccccc1/C=C1\N=C(c2ccc(Cl)c(Cl)c2)OC1=O. The van der Waals surface area contributed by atoms with Crippen LogP contribution in [-0.4, -0.2) is 24.4 Å². The van der Waals surface area contributed by atoms with Crippen molar-refractivity contribution in [3.05, 3.63) is 69.3 Å². The average Bonchev–Trinajstić information content (AvgIpc) is 2.97. The Labute approximate surface area is 158 Å². The molecule has 0 aromatic heterocycles. The third-order valence-electron chi connectivity index (χ3n) is 3.34. The normalized spacial score (nSPS) is 14.9. The van der Waals surface area contributed by atoms with Crippen molar-refractivity contribution in [1.82, 2.24) is 0 Å². The minimum atomic E-state index is -1.35. The molecule has 2 aromatic rings. The van der Waals surface area contributed by atoms with Gasteiger partial charge in [0.1, 0.15) is 12.4 Å². The van der Waals surface area contributed by atoms with Crippen LogP contribution in [-0.2, 0) is 14.3 Å². The van der Waals surface area contributed by atoms with Crippen molar-refractivity contribution in [1.29, 1.82) is 0 Å². The van der Waals surface area contributed by atoms with Crippen molar-refractivity contribution in [2.75, 3.05) is 6.61 Å². The molecule has 8 heteroatoms. The molecule has 0 aliphatic carbocycles. The molecule has 0 spiro atoms. The monoisotopic (exact) mass is 390 g/mol. The van der Waals surface area contributed by atoms with Gasteiger partial charge in [-0.2, -0.15) is 0 Å². The number of aliphatic carboxylic acids is 1. The molecule has 0 saturated heterocycles. The number of carboxylic acids is 1. The van der Waals surface area contributed by atoms with E-state index in [-0.39, 0.29) is 17.3 Å². The summed E-state index contributed by atoms with van der Waals surface area (Å²) in [5, 5.41) is 11.2. The number of carbonyl (C=O) groups is 2. The summed E-state index contributed by atoms with van der Waals surface area (Å²) in [5.41, 5.74) is 1.01. The molecule has 1 aliphatic heterocycles. The largest absolute Gasteiger partial charge is 0.546 e. The van der Waals surface area contributed by atoms with E-state index < -0.39 is 18.5 Å². The summed E-state index contributed by atoms with van der Waals surface area (Å²) in [6.45, 7) is -0.609. The minimum Gasteiger partial charge on any atom is -0.546 e. The summed E-state index contributed by atoms with van der Waals surface area (Å²) in [6.07, 6.45) is 1.44. The molecule has 6 nitrogen and oxygen atoms in total. The maximum absolute atomic E-state index is 12.1. The molecular formula is C18H10Cl2NO5-. The lowest BCUT2D eigenvalue weighted by atomic mass is 10.1. The van der Waals surface area contributed by atoms with Gasteiger partial charge in [-0.1, -0.05) is 41.4 Å². The number of hydrogen-bond acceptors (Lipinski definition) is 6. The second kappa shape index (κ2) is 7.59.